The zero-order valence-electron chi connectivity index (χ0n) is 24.3. The first-order valence-corrected chi connectivity index (χ1v) is 15.4. The second-order valence-corrected chi connectivity index (χ2v) is 10.6. The number of methoxy groups -OCH3 is 2. The summed E-state index contributed by atoms with van der Waals surface area (Å²) < 4.78 is 11.6. The van der Waals surface area contributed by atoms with Crippen molar-refractivity contribution in [2.24, 2.45) is 0 Å². The number of hydrogen-bond donors (Lipinski definition) is 0. The van der Waals surface area contributed by atoms with Crippen molar-refractivity contribution in [2.45, 2.75) is 174 Å². The molecule has 2 unspecified atom stereocenters. The van der Waals surface area contributed by atoms with E-state index in [-0.39, 0.29) is 12.2 Å². The molecular formula is C32H62O3. The van der Waals surface area contributed by atoms with E-state index >= 15 is 0 Å². The molecule has 2 atom stereocenters. The Morgan fingerprint density at radius 2 is 0.943 bits per heavy atom. The Kier molecular flexibility index (Phi) is 27.4. The van der Waals surface area contributed by atoms with Crippen LogP contribution in [0.1, 0.15) is 162 Å². The van der Waals surface area contributed by atoms with Crippen LogP contribution in [0.3, 0.4) is 0 Å². The van der Waals surface area contributed by atoms with Crippen molar-refractivity contribution in [3.05, 3.63) is 11.6 Å². The lowest BCUT2D eigenvalue weighted by atomic mass is 9.96. The Hall–Kier alpha value is -0.670. The summed E-state index contributed by atoms with van der Waals surface area (Å²) in [5, 5.41) is 0. The molecule has 3 nitrogen and oxygen atoms in total. The Morgan fingerprint density at radius 1 is 0.543 bits per heavy atom. The summed E-state index contributed by atoms with van der Waals surface area (Å²) in [5.74, 6) is 0. The van der Waals surface area contributed by atoms with Crippen molar-refractivity contribution >= 4 is 6.29 Å². The standard InChI is InChI=1S/C32H62O3/c1-5-7-9-10-11-12-13-14-15-16-17-18-19-20-21-23-25-31(34-3)32(35-4)27-26-30(28-29-33)24-22-8-6-2/h28-29,31-32H,5-27H2,1-4H3. The Bertz CT molecular complexity index is 460. The van der Waals surface area contributed by atoms with E-state index in [0.717, 1.165) is 32.0 Å². The van der Waals surface area contributed by atoms with E-state index in [1.165, 1.54) is 128 Å². The van der Waals surface area contributed by atoms with Crippen LogP contribution < -0.4 is 0 Å². The van der Waals surface area contributed by atoms with Crippen LogP contribution in [0, 0.1) is 0 Å². The van der Waals surface area contributed by atoms with Crippen LogP contribution in [0.4, 0.5) is 0 Å². The van der Waals surface area contributed by atoms with E-state index in [9.17, 15) is 4.79 Å². The summed E-state index contributed by atoms with van der Waals surface area (Å²) >= 11 is 0. The van der Waals surface area contributed by atoms with Gasteiger partial charge in [-0.2, -0.15) is 0 Å². The van der Waals surface area contributed by atoms with Gasteiger partial charge in [0.1, 0.15) is 6.29 Å². The molecule has 0 aromatic heterocycles. The largest absolute Gasteiger partial charge is 0.379 e. The highest BCUT2D eigenvalue weighted by Crippen LogP contribution is 2.22. The molecule has 35 heavy (non-hydrogen) atoms. The lowest BCUT2D eigenvalue weighted by Gasteiger charge is -2.25. The number of hydrogen-bond acceptors (Lipinski definition) is 3. The highest BCUT2D eigenvalue weighted by Gasteiger charge is 2.20. The van der Waals surface area contributed by atoms with E-state index in [1.54, 1.807) is 13.2 Å². The third-order valence-corrected chi connectivity index (χ3v) is 7.52. The Morgan fingerprint density at radius 3 is 1.37 bits per heavy atom. The molecule has 0 saturated heterocycles. The highest BCUT2D eigenvalue weighted by atomic mass is 16.5. The molecule has 0 radical (unpaired) electrons. The normalized spacial score (nSPS) is 13.8. The first-order chi connectivity index (χ1) is 17.2. The predicted octanol–water partition coefficient (Wildman–Crippen LogP) is 10.2. The monoisotopic (exact) mass is 494 g/mol. The van der Waals surface area contributed by atoms with Crippen molar-refractivity contribution in [2.75, 3.05) is 14.2 Å². The quantitative estimate of drug-likeness (QED) is 0.0616. The van der Waals surface area contributed by atoms with Crippen LogP contribution in [-0.4, -0.2) is 32.7 Å². The summed E-state index contributed by atoms with van der Waals surface area (Å²) in [6, 6.07) is 0. The van der Waals surface area contributed by atoms with E-state index in [0.29, 0.717) is 0 Å². The second kappa shape index (κ2) is 27.9. The minimum absolute atomic E-state index is 0.109. The topological polar surface area (TPSA) is 35.5 Å². The molecular weight excluding hydrogens is 432 g/mol. The van der Waals surface area contributed by atoms with Crippen molar-refractivity contribution in [3.8, 4) is 0 Å². The zero-order chi connectivity index (χ0) is 25.8. The van der Waals surface area contributed by atoms with Gasteiger partial charge in [-0.1, -0.05) is 135 Å². The van der Waals surface area contributed by atoms with Crippen molar-refractivity contribution in [3.63, 3.8) is 0 Å². The van der Waals surface area contributed by atoms with Crippen molar-refractivity contribution in [1.82, 2.24) is 0 Å². The summed E-state index contributed by atoms with van der Waals surface area (Å²) in [7, 11) is 3.61. The molecule has 0 amide bonds. The fraction of sp³-hybridized carbons (Fsp3) is 0.906. The summed E-state index contributed by atoms with van der Waals surface area (Å²) in [6.45, 7) is 4.50. The predicted molar refractivity (Wildman–Crippen MR) is 153 cm³/mol. The number of allylic oxidation sites excluding steroid dienone is 2. The number of carbonyl (C=O) groups excluding carboxylic acids is 1. The van der Waals surface area contributed by atoms with E-state index in [2.05, 4.69) is 13.8 Å². The SMILES string of the molecule is CCCCCCCCCCCCCCCCCCC(OC)C(CCC(=CC=O)CCCCC)OC. The number of aldehydes is 1. The van der Waals surface area contributed by atoms with E-state index in [1.807, 2.05) is 7.11 Å². The maximum atomic E-state index is 11.0. The smallest absolute Gasteiger partial charge is 0.142 e. The van der Waals surface area contributed by atoms with E-state index < -0.39 is 0 Å². The van der Waals surface area contributed by atoms with Gasteiger partial charge in [-0.05, 0) is 38.2 Å². The molecule has 0 saturated carbocycles. The third-order valence-electron chi connectivity index (χ3n) is 7.52. The number of carbonyl (C=O) groups is 1. The van der Waals surface area contributed by atoms with Gasteiger partial charge in [-0.25, -0.2) is 0 Å². The molecule has 0 rings (SSSR count). The molecule has 208 valence electrons. The molecule has 0 heterocycles. The molecule has 0 N–H and O–H groups in total. The van der Waals surface area contributed by atoms with E-state index in [4.69, 9.17) is 9.47 Å². The van der Waals surface area contributed by atoms with Gasteiger partial charge in [0.25, 0.3) is 0 Å². The van der Waals surface area contributed by atoms with Crippen LogP contribution in [0.15, 0.2) is 11.6 Å². The Labute approximate surface area is 220 Å². The summed E-state index contributed by atoms with van der Waals surface area (Å²) in [5.41, 5.74) is 1.26. The molecule has 0 aliphatic heterocycles. The molecule has 3 heteroatoms. The third kappa shape index (κ3) is 22.3. The van der Waals surface area contributed by atoms with Gasteiger partial charge in [-0.3, -0.25) is 4.79 Å². The fourth-order valence-electron chi connectivity index (χ4n) is 5.12. The average Bonchev–Trinajstić information content (AvgIpc) is 2.87. The Balaban J connectivity index is 3.79. The maximum Gasteiger partial charge on any atom is 0.142 e. The zero-order valence-corrected chi connectivity index (χ0v) is 24.3. The number of rotatable bonds is 28. The lowest BCUT2D eigenvalue weighted by Crippen LogP contribution is -2.30. The van der Waals surface area contributed by atoms with Crippen LogP contribution in [-0.2, 0) is 14.3 Å². The van der Waals surface area contributed by atoms with Gasteiger partial charge >= 0.3 is 0 Å². The molecule has 0 aromatic rings. The molecule has 0 aliphatic rings. The molecule has 0 fully saturated rings. The van der Waals surface area contributed by atoms with Crippen molar-refractivity contribution < 1.29 is 14.3 Å². The number of ether oxygens (including phenoxy) is 2. The maximum absolute atomic E-state index is 11.0. The average molecular weight is 495 g/mol. The van der Waals surface area contributed by atoms with Gasteiger partial charge in [0, 0.05) is 14.2 Å². The highest BCUT2D eigenvalue weighted by molar-refractivity contribution is 5.66. The van der Waals surface area contributed by atoms with Crippen molar-refractivity contribution in [1.29, 1.82) is 0 Å². The first kappa shape index (κ1) is 34.3. The minimum Gasteiger partial charge on any atom is -0.379 e. The second-order valence-electron chi connectivity index (χ2n) is 10.6. The fourth-order valence-corrected chi connectivity index (χ4v) is 5.12. The van der Waals surface area contributed by atoms with Crippen LogP contribution >= 0.6 is 0 Å². The first-order valence-electron chi connectivity index (χ1n) is 15.4. The van der Waals surface area contributed by atoms with Gasteiger partial charge in [0.05, 0.1) is 12.2 Å². The summed E-state index contributed by atoms with van der Waals surface area (Å²) in [4.78, 5) is 11.0. The molecule has 0 aromatic carbocycles. The van der Waals surface area contributed by atoms with Gasteiger partial charge in [0.2, 0.25) is 0 Å². The molecule has 0 bridgehead atoms. The lowest BCUT2D eigenvalue weighted by molar-refractivity contribution is -0.104. The molecule has 0 aliphatic carbocycles. The van der Waals surface area contributed by atoms with Crippen LogP contribution in [0.25, 0.3) is 0 Å². The van der Waals surface area contributed by atoms with Gasteiger partial charge in [-0.15, -0.1) is 0 Å². The minimum atomic E-state index is 0.109. The van der Waals surface area contributed by atoms with Gasteiger partial charge in [0.15, 0.2) is 0 Å². The summed E-state index contributed by atoms with van der Waals surface area (Å²) in [6.07, 6.45) is 32.9. The molecule has 0 spiro atoms. The number of unbranched alkanes of at least 4 members (excludes halogenated alkanes) is 17. The van der Waals surface area contributed by atoms with Crippen LogP contribution in [0.5, 0.6) is 0 Å². The van der Waals surface area contributed by atoms with Crippen LogP contribution in [0.2, 0.25) is 0 Å². The van der Waals surface area contributed by atoms with Gasteiger partial charge < -0.3 is 9.47 Å².